The SMILES string of the molecule is CCN(Cc1ccccc1)C[C@H](NC(=O)OC(C)(C)C)C(=O)O. The Kier molecular flexibility index (Phi) is 7.03. The van der Waals surface area contributed by atoms with Gasteiger partial charge in [0.05, 0.1) is 0 Å². The first-order valence-corrected chi connectivity index (χ1v) is 7.70. The zero-order chi connectivity index (χ0) is 17.5. The van der Waals surface area contributed by atoms with E-state index in [0.717, 1.165) is 5.56 Å². The maximum absolute atomic E-state index is 11.8. The summed E-state index contributed by atoms with van der Waals surface area (Å²) < 4.78 is 5.12. The van der Waals surface area contributed by atoms with Crippen LogP contribution in [0.5, 0.6) is 0 Å². The minimum Gasteiger partial charge on any atom is -0.480 e. The summed E-state index contributed by atoms with van der Waals surface area (Å²) in [6.07, 6.45) is -0.722. The van der Waals surface area contributed by atoms with Crippen LogP contribution in [0.1, 0.15) is 33.3 Å². The molecule has 0 spiro atoms. The van der Waals surface area contributed by atoms with Crippen molar-refractivity contribution in [3.05, 3.63) is 35.9 Å². The molecule has 1 aromatic rings. The lowest BCUT2D eigenvalue weighted by Crippen LogP contribution is -2.49. The van der Waals surface area contributed by atoms with Crippen molar-refractivity contribution >= 4 is 12.1 Å². The quantitative estimate of drug-likeness (QED) is 0.806. The topological polar surface area (TPSA) is 78.9 Å². The van der Waals surface area contributed by atoms with Gasteiger partial charge >= 0.3 is 12.1 Å². The lowest BCUT2D eigenvalue weighted by molar-refractivity contribution is -0.140. The first kappa shape index (κ1) is 19.0. The minimum absolute atomic E-state index is 0.208. The molecule has 2 N–H and O–H groups in total. The maximum atomic E-state index is 11.8. The lowest BCUT2D eigenvalue weighted by Gasteiger charge is -2.26. The van der Waals surface area contributed by atoms with Gasteiger partial charge in [-0.2, -0.15) is 0 Å². The average Bonchev–Trinajstić information content (AvgIpc) is 2.44. The summed E-state index contributed by atoms with van der Waals surface area (Å²) in [4.78, 5) is 25.2. The molecule has 0 aliphatic carbocycles. The number of likely N-dealkylation sites (N-methyl/N-ethyl adjacent to an activating group) is 1. The third-order valence-corrected chi connectivity index (χ3v) is 3.13. The van der Waals surface area contributed by atoms with Gasteiger partial charge in [-0.3, -0.25) is 4.90 Å². The molecule has 0 saturated carbocycles. The van der Waals surface area contributed by atoms with E-state index in [9.17, 15) is 14.7 Å². The standard InChI is InChI=1S/C17H26N2O4/c1-5-19(11-13-9-7-6-8-10-13)12-14(15(20)21)18-16(22)23-17(2,3)4/h6-10,14H,5,11-12H2,1-4H3,(H,18,22)(H,20,21)/t14-/m0/s1. The summed E-state index contributed by atoms with van der Waals surface area (Å²) in [5.41, 5.74) is 0.428. The van der Waals surface area contributed by atoms with E-state index in [-0.39, 0.29) is 6.54 Å². The van der Waals surface area contributed by atoms with E-state index in [2.05, 4.69) is 5.32 Å². The minimum atomic E-state index is -1.08. The second kappa shape index (κ2) is 8.53. The fraction of sp³-hybridized carbons (Fsp3) is 0.529. The number of hydrogen-bond acceptors (Lipinski definition) is 4. The normalized spacial score (nSPS) is 12.7. The second-order valence-electron chi connectivity index (χ2n) is 6.35. The number of carboxylic acid groups (broad SMARTS) is 1. The highest BCUT2D eigenvalue weighted by atomic mass is 16.6. The number of nitrogens with zero attached hydrogens (tertiary/aromatic N) is 1. The van der Waals surface area contributed by atoms with Crippen molar-refractivity contribution in [1.29, 1.82) is 0 Å². The summed E-state index contributed by atoms with van der Waals surface area (Å²) in [5, 5.41) is 11.8. The second-order valence-corrected chi connectivity index (χ2v) is 6.35. The number of nitrogens with one attached hydrogen (secondary N) is 1. The molecule has 1 amide bonds. The largest absolute Gasteiger partial charge is 0.480 e. The number of ether oxygens (including phenoxy) is 1. The molecule has 1 aromatic carbocycles. The summed E-state index contributed by atoms with van der Waals surface area (Å²) >= 11 is 0. The van der Waals surface area contributed by atoms with Gasteiger partial charge in [-0.1, -0.05) is 37.3 Å². The average molecular weight is 322 g/mol. The Morgan fingerprint density at radius 3 is 2.35 bits per heavy atom. The molecule has 0 aliphatic rings. The number of carbonyl (C=O) groups excluding carboxylic acids is 1. The van der Waals surface area contributed by atoms with Gasteiger partial charge in [0.25, 0.3) is 0 Å². The van der Waals surface area contributed by atoms with E-state index >= 15 is 0 Å². The molecule has 0 bridgehead atoms. The Hall–Kier alpha value is -2.08. The molecular weight excluding hydrogens is 296 g/mol. The predicted octanol–water partition coefficient (Wildman–Crippen LogP) is 2.49. The van der Waals surface area contributed by atoms with E-state index < -0.39 is 23.7 Å². The van der Waals surface area contributed by atoms with E-state index in [1.807, 2.05) is 42.2 Å². The number of carboxylic acids is 1. The van der Waals surface area contributed by atoms with Crippen molar-refractivity contribution < 1.29 is 19.4 Å². The molecule has 0 saturated heterocycles. The summed E-state index contributed by atoms with van der Waals surface area (Å²) in [6.45, 7) is 8.66. The van der Waals surface area contributed by atoms with Crippen LogP contribution in [0.4, 0.5) is 4.79 Å². The molecule has 0 aromatic heterocycles. The van der Waals surface area contributed by atoms with Crippen LogP contribution in [-0.2, 0) is 16.1 Å². The predicted molar refractivity (Wildman–Crippen MR) is 88.2 cm³/mol. The van der Waals surface area contributed by atoms with Crippen molar-refractivity contribution in [3.63, 3.8) is 0 Å². The Morgan fingerprint density at radius 2 is 1.87 bits per heavy atom. The van der Waals surface area contributed by atoms with E-state index in [0.29, 0.717) is 13.1 Å². The van der Waals surface area contributed by atoms with Crippen LogP contribution >= 0.6 is 0 Å². The molecule has 1 atom stereocenters. The first-order chi connectivity index (χ1) is 10.7. The van der Waals surface area contributed by atoms with Crippen LogP contribution in [0.15, 0.2) is 30.3 Å². The van der Waals surface area contributed by atoms with E-state index in [1.54, 1.807) is 20.8 Å². The van der Waals surface area contributed by atoms with Gasteiger partial charge in [0, 0.05) is 13.1 Å². The molecule has 0 unspecified atom stereocenters. The van der Waals surface area contributed by atoms with Gasteiger partial charge in [-0.25, -0.2) is 9.59 Å². The van der Waals surface area contributed by atoms with Crippen molar-refractivity contribution in [1.82, 2.24) is 10.2 Å². The van der Waals surface area contributed by atoms with Gasteiger partial charge < -0.3 is 15.2 Å². The maximum Gasteiger partial charge on any atom is 0.408 e. The molecule has 0 fully saturated rings. The number of hydrogen-bond donors (Lipinski definition) is 2. The smallest absolute Gasteiger partial charge is 0.408 e. The molecule has 23 heavy (non-hydrogen) atoms. The van der Waals surface area contributed by atoms with Crippen LogP contribution < -0.4 is 5.32 Å². The van der Waals surface area contributed by atoms with Crippen LogP contribution in [0.3, 0.4) is 0 Å². The Morgan fingerprint density at radius 1 is 1.26 bits per heavy atom. The number of carbonyl (C=O) groups is 2. The highest BCUT2D eigenvalue weighted by molar-refractivity contribution is 5.80. The van der Waals surface area contributed by atoms with Gasteiger partial charge in [-0.05, 0) is 32.9 Å². The molecular formula is C17H26N2O4. The van der Waals surface area contributed by atoms with Gasteiger partial charge in [0.2, 0.25) is 0 Å². The number of rotatable bonds is 7. The summed E-state index contributed by atoms with van der Waals surface area (Å²) in [5.74, 6) is -1.08. The van der Waals surface area contributed by atoms with Crippen molar-refractivity contribution in [2.24, 2.45) is 0 Å². The number of aliphatic carboxylic acids is 1. The molecule has 6 heteroatoms. The van der Waals surface area contributed by atoms with Crippen molar-refractivity contribution in [2.45, 2.75) is 45.9 Å². The van der Waals surface area contributed by atoms with Crippen molar-refractivity contribution in [3.8, 4) is 0 Å². The summed E-state index contributed by atoms with van der Waals surface area (Å²) in [6, 6.07) is 8.77. The molecule has 1 rings (SSSR count). The van der Waals surface area contributed by atoms with E-state index in [1.165, 1.54) is 0 Å². The third-order valence-electron chi connectivity index (χ3n) is 3.13. The number of benzene rings is 1. The zero-order valence-corrected chi connectivity index (χ0v) is 14.2. The fourth-order valence-corrected chi connectivity index (χ4v) is 2.04. The monoisotopic (exact) mass is 322 g/mol. The fourth-order valence-electron chi connectivity index (χ4n) is 2.04. The first-order valence-electron chi connectivity index (χ1n) is 7.70. The highest BCUT2D eigenvalue weighted by Gasteiger charge is 2.25. The molecule has 0 aliphatic heterocycles. The van der Waals surface area contributed by atoms with Crippen LogP contribution in [0, 0.1) is 0 Å². The summed E-state index contributed by atoms with van der Waals surface area (Å²) in [7, 11) is 0. The molecule has 0 radical (unpaired) electrons. The lowest BCUT2D eigenvalue weighted by atomic mass is 10.2. The van der Waals surface area contributed by atoms with Crippen LogP contribution in [-0.4, -0.2) is 46.8 Å². The van der Waals surface area contributed by atoms with Gasteiger partial charge in [0.15, 0.2) is 0 Å². The third kappa shape index (κ3) is 7.65. The van der Waals surface area contributed by atoms with Gasteiger partial charge in [0.1, 0.15) is 11.6 Å². The molecule has 0 heterocycles. The molecule has 128 valence electrons. The highest BCUT2D eigenvalue weighted by Crippen LogP contribution is 2.08. The Balaban J connectivity index is 2.66. The number of alkyl carbamates (subject to hydrolysis) is 1. The molecule has 6 nitrogen and oxygen atoms in total. The Bertz CT molecular complexity index is 511. The van der Waals surface area contributed by atoms with E-state index in [4.69, 9.17) is 4.74 Å². The van der Waals surface area contributed by atoms with Crippen LogP contribution in [0.2, 0.25) is 0 Å². The number of amides is 1. The van der Waals surface area contributed by atoms with Crippen LogP contribution in [0.25, 0.3) is 0 Å². The Labute approximate surface area is 137 Å². The zero-order valence-electron chi connectivity index (χ0n) is 14.2. The van der Waals surface area contributed by atoms with Crippen molar-refractivity contribution in [2.75, 3.05) is 13.1 Å². The van der Waals surface area contributed by atoms with Gasteiger partial charge in [-0.15, -0.1) is 0 Å².